The number of carbonyl (C=O) groups excluding carboxylic acids is 1. The molecule has 0 unspecified atom stereocenters. The zero-order chi connectivity index (χ0) is 14.1. The van der Waals surface area contributed by atoms with Crippen molar-refractivity contribution in [3.63, 3.8) is 0 Å². The van der Waals surface area contributed by atoms with E-state index in [1.165, 1.54) is 6.07 Å². The van der Waals surface area contributed by atoms with Crippen molar-refractivity contribution in [1.82, 2.24) is 30.3 Å². The molecule has 0 atom stereocenters. The molecular weight excluding hydrogens is 305 g/mol. The van der Waals surface area contributed by atoms with Gasteiger partial charge in [0.05, 0.1) is 12.2 Å². The summed E-state index contributed by atoms with van der Waals surface area (Å²) in [5.74, 6) is -0.228. The van der Waals surface area contributed by atoms with Crippen LogP contribution >= 0.6 is 23.2 Å². The summed E-state index contributed by atoms with van der Waals surface area (Å²) in [6, 6.07) is 1.64. The van der Waals surface area contributed by atoms with E-state index in [0.29, 0.717) is 0 Å². The van der Waals surface area contributed by atoms with Crippen molar-refractivity contribution >= 4 is 34.9 Å². The van der Waals surface area contributed by atoms with E-state index in [1.807, 2.05) is 0 Å². The molecule has 20 heavy (non-hydrogen) atoms. The number of halogens is 2. The van der Waals surface area contributed by atoms with Gasteiger partial charge in [-0.05, 0) is 11.6 Å². The van der Waals surface area contributed by atoms with Crippen molar-refractivity contribution < 1.29 is 4.79 Å². The fourth-order valence-electron chi connectivity index (χ4n) is 1.65. The fourth-order valence-corrected chi connectivity index (χ4v) is 2.06. The standard InChI is InChI=1S/C10H9Cl2N7O/c11-7-1-8(16-10(12)14-7)15-9(20)6-4-19(18-17-6)5-2-13-3-5/h1,4-5,13H,2-3H2,(H,14,15,16,20). The number of nitrogens with zero attached hydrogens (tertiary/aromatic N) is 5. The third-order valence-electron chi connectivity index (χ3n) is 2.79. The molecule has 0 aromatic carbocycles. The number of hydrogen-bond donors (Lipinski definition) is 2. The number of anilines is 1. The summed E-state index contributed by atoms with van der Waals surface area (Å²) in [5.41, 5.74) is 0.197. The van der Waals surface area contributed by atoms with Gasteiger partial charge in [-0.3, -0.25) is 4.79 Å². The van der Waals surface area contributed by atoms with Crippen molar-refractivity contribution in [3.05, 3.63) is 28.4 Å². The van der Waals surface area contributed by atoms with Gasteiger partial charge in [0, 0.05) is 19.2 Å². The Hall–Kier alpha value is -1.77. The molecule has 1 aliphatic rings. The number of rotatable bonds is 3. The second-order valence-electron chi connectivity index (χ2n) is 4.19. The lowest BCUT2D eigenvalue weighted by Gasteiger charge is -2.26. The Morgan fingerprint density at radius 2 is 2.20 bits per heavy atom. The van der Waals surface area contributed by atoms with E-state index < -0.39 is 5.91 Å². The number of amides is 1. The number of aromatic nitrogens is 5. The quantitative estimate of drug-likeness (QED) is 0.641. The van der Waals surface area contributed by atoms with Crippen LogP contribution in [-0.4, -0.2) is 44.0 Å². The molecule has 2 N–H and O–H groups in total. The molecule has 104 valence electrons. The highest BCUT2D eigenvalue weighted by Gasteiger charge is 2.21. The van der Waals surface area contributed by atoms with E-state index in [1.54, 1.807) is 10.9 Å². The summed E-state index contributed by atoms with van der Waals surface area (Å²) < 4.78 is 1.66. The third kappa shape index (κ3) is 2.72. The van der Waals surface area contributed by atoms with Gasteiger partial charge < -0.3 is 10.6 Å². The maximum atomic E-state index is 12.0. The van der Waals surface area contributed by atoms with Crippen LogP contribution in [-0.2, 0) is 0 Å². The van der Waals surface area contributed by atoms with Crippen LogP contribution in [0, 0.1) is 0 Å². The Morgan fingerprint density at radius 3 is 2.85 bits per heavy atom. The first-order chi connectivity index (χ1) is 9.61. The maximum Gasteiger partial charge on any atom is 0.278 e. The van der Waals surface area contributed by atoms with Crippen molar-refractivity contribution in [2.75, 3.05) is 18.4 Å². The summed E-state index contributed by atoms with van der Waals surface area (Å²) in [6.45, 7) is 1.64. The van der Waals surface area contributed by atoms with Crippen LogP contribution in [0.1, 0.15) is 16.5 Å². The van der Waals surface area contributed by atoms with Gasteiger partial charge in [-0.25, -0.2) is 14.6 Å². The minimum absolute atomic E-state index is 0.0444. The first-order valence-corrected chi connectivity index (χ1v) is 6.51. The topological polar surface area (TPSA) is 97.6 Å². The summed E-state index contributed by atoms with van der Waals surface area (Å²) >= 11 is 11.4. The highest BCUT2D eigenvalue weighted by atomic mass is 35.5. The lowest BCUT2D eigenvalue weighted by Crippen LogP contribution is -2.43. The molecule has 3 heterocycles. The molecule has 0 bridgehead atoms. The Bertz CT molecular complexity index is 635. The molecule has 2 aromatic heterocycles. The molecule has 0 spiro atoms. The minimum Gasteiger partial charge on any atom is -0.312 e. The Balaban J connectivity index is 1.73. The molecular formula is C10H9Cl2N7O. The fraction of sp³-hybridized carbons (Fsp3) is 0.300. The normalized spacial score (nSPS) is 14.9. The van der Waals surface area contributed by atoms with Crippen LogP contribution in [0.2, 0.25) is 10.4 Å². The predicted molar refractivity (Wildman–Crippen MR) is 71.9 cm³/mol. The lowest BCUT2D eigenvalue weighted by molar-refractivity contribution is 0.102. The second-order valence-corrected chi connectivity index (χ2v) is 4.92. The molecule has 10 heteroatoms. The molecule has 1 saturated heterocycles. The van der Waals surface area contributed by atoms with Crippen molar-refractivity contribution in [1.29, 1.82) is 0 Å². The van der Waals surface area contributed by atoms with Crippen LogP contribution in [0.15, 0.2) is 12.3 Å². The van der Waals surface area contributed by atoms with Gasteiger partial charge in [-0.2, -0.15) is 0 Å². The van der Waals surface area contributed by atoms with E-state index >= 15 is 0 Å². The van der Waals surface area contributed by atoms with Crippen molar-refractivity contribution in [3.8, 4) is 0 Å². The van der Waals surface area contributed by atoms with Crippen molar-refractivity contribution in [2.24, 2.45) is 0 Å². The molecule has 1 amide bonds. The number of nitrogens with one attached hydrogen (secondary N) is 2. The number of hydrogen-bond acceptors (Lipinski definition) is 6. The number of carbonyl (C=O) groups is 1. The first kappa shape index (κ1) is 13.2. The summed E-state index contributed by atoms with van der Waals surface area (Å²) in [4.78, 5) is 19.5. The monoisotopic (exact) mass is 313 g/mol. The van der Waals surface area contributed by atoms with Gasteiger partial charge in [-0.1, -0.05) is 16.8 Å². The van der Waals surface area contributed by atoms with E-state index in [4.69, 9.17) is 23.2 Å². The second kappa shape index (κ2) is 5.31. The van der Waals surface area contributed by atoms with Crippen LogP contribution in [0.4, 0.5) is 5.82 Å². The average molecular weight is 314 g/mol. The summed E-state index contributed by atoms with van der Waals surface area (Å²) in [5, 5.41) is 13.5. The van der Waals surface area contributed by atoms with Gasteiger partial charge in [0.2, 0.25) is 5.28 Å². The molecule has 8 nitrogen and oxygen atoms in total. The van der Waals surface area contributed by atoms with Crippen LogP contribution < -0.4 is 10.6 Å². The predicted octanol–water partition coefficient (Wildman–Crippen LogP) is 0.771. The van der Waals surface area contributed by atoms with E-state index in [-0.39, 0.29) is 28.0 Å². The third-order valence-corrected chi connectivity index (χ3v) is 3.15. The van der Waals surface area contributed by atoms with E-state index in [9.17, 15) is 4.79 Å². The van der Waals surface area contributed by atoms with Gasteiger partial charge in [0.1, 0.15) is 11.0 Å². The Kier molecular flexibility index (Phi) is 3.51. The average Bonchev–Trinajstić information content (AvgIpc) is 2.74. The molecule has 1 fully saturated rings. The van der Waals surface area contributed by atoms with Gasteiger partial charge in [-0.15, -0.1) is 5.10 Å². The van der Waals surface area contributed by atoms with E-state index in [2.05, 4.69) is 30.9 Å². The Morgan fingerprint density at radius 1 is 1.40 bits per heavy atom. The minimum atomic E-state index is -0.436. The van der Waals surface area contributed by atoms with Crippen molar-refractivity contribution in [2.45, 2.75) is 6.04 Å². The zero-order valence-electron chi connectivity index (χ0n) is 10.0. The lowest BCUT2D eigenvalue weighted by atomic mass is 10.2. The van der Waals surface area contributed by atoms with Crippen LogP contribution in [0.25, 0.3) is 0 Å². The highest BCUT2D eigenvalue weighted by molar-refractivity contribution is 6.32. The SMILES string of the molecule is O=C(Nc1cc(Cl)nc(Cl)n1)c1cn(C2CNC2)nn1. The first-order valence-electron chi connectivity index (χ1n) is 5.76. The van der Waals surface area contributed by atoms with Gasteiger partial charge >= 0.3 is 0 Å². The molecule has 2 aromatic rings. The Labute approximate surface area is 123 Å². The molecule has 0 aliphatic carbocycles. The largest absolute Gasteiger partial charge is 0.312 e. The highest BCUT2D eigenvalue weighted by Crippen LogP contribution is 2.15. The molecule has 0 saturated carbocycles. The molecule has 3 rings (SSSR count). The van der Waals surface area contributed by atoms with E-state index in [0.717, 1.165) is 13.1 Å². The molecule has 0 radical (unpaired) electrons. The molecule has 1 aliphatic heterocycles. The zero-order valence-corrected chi connectivity index (χ0v) is 11.6. The maximum absolute atomic E-state index is 12.0. The summed E-state index contributed by atoms with van der Waals surface area (Å²) in [7, 11) is 0. The van der Waals surface area contributed by atoms with Crippen LogP contribution in [0.5, 0.6) is 0 Å². The summed E-state index contributed by atoms with van der Waals surface area (Å²) in [6.07, 6.45) is 1.59. The smallest absolute Gasteiger partial charge is 0.278 e. The van der Waals surface area contributed by atoms with Gasteiger partial charge in [0.15, 0.2) is 5.69 Å². The van der Waals surface area contributed by atoms with Gasteiger partial charge in [0.25, 0.3) is 5.91 Å². The van der Waals surface area contributed by atoms with Crippen LogP contribution in [0.3, 0.4) is 0 Å².